The second-order valence-corrected chi connectivity index (χ2v) is 8.97. The molecule has 0 atom stereocenters. The lowest BCUT2D eigenvalue weighted by atomic mass is 9.96. The van der Waals surface area contributed by atoms with E-state index in [9.17, 15) is 18.8 Å². The minimum Gasteiger partial charge on any atom is -0.455 e. The fourth-order valence-electron chi connectivity index (χ4n) is 4.32. The van der Waals surface area contributed by atoms with Gasteiger partial charge in [0, 0.05) is 55.5 Å². The number of piperidine rings is 1. The van der Waals surface area contributed by atoms with Gasteiger partial charge in [0.2, 0.25) is 0 Å². The molecule has 0 aliphatic carbocycles. The van der Waals surface area contributed by atoms with Crippen molar-refractivity contribution in [3.05, 3.63) is 64.9 Å². The van der Waals surface area contributed by atoms with E-state index in [-0.39, 0.29) is 24.3 Å². The van der Waals surface area contributed by atoms with Gasteiger partial charge in [-0.05, 0) is 55.3 Å². The molecule has 4 rings (SSSR count). The Morgan fingerprint density at radius 3 is 2.24 bits per heavy atom. The van der Waals surface area contributed by atoms with Crippen molar-refractivity contribution >= 4 is 35.1 Å². The minimum atomic E-state index is -0.403. The average Bonchev–Trinajstić information content (AvgIpc) is 2.87. The average molecular weight is 488 g/mol. The highest BCUT2D eigenvalue weighted by Crippen LogP contribution is 2.22. The lowest BCUT2D eigenvalue weighted by Gasteiger charge is -2.36. The zero-order chi connectivity index (χ0) is 24.1. The summed E-state index contributed by atoms with van der Waals surface area (Å²) in [7, 11) is 0. The first-order valence-corrected chi connectivity index (χ1v) is 11.8. The zero-order valence-corrected chi connectivity index (χ0v) is 19.5. The number of likely N-dealkylation sites (tertiary alicyclic amines) is 1. The fourth-order valence-corrected chi connectivity index (χ4v) is 4.51. The van der Waals surface area contributed by atoms with Crippen molar-refractivity contribution in [2.75, 3.05) is 50.8 Å². The molecule has 2 aromatic carbocycles. The summed E-state index contributed by atoms with van der Waals surface area (Å²) in [5.74, 6) is -1.53. The molecule has 2 amide bonds. The number of carbonyl (C=O) groups excluding carboxylic acids is 3. The van der Waals surface area contributed by atoms with Gasteiger partial charge >= 0.3 is 5.97 Å². The molecule has 0 spiro atoms. The number of hydrogen-bond donors (Lipinski definition) is 0. The summed E-state index contributed by atoms with van der Waals surface area (Å²) in [6.07, 6.45) is 0.941. The monoisotopic (exact) mass is 487 g/mol. The standard InChI is InChI=1S/C25H27ClFN3O4/c26-20-2-1-3-22(16-20)28-12-14-29(15-13-28)23(31)17-34-25(33)19-8-10-30(11-9-19)24(32)18-4-6-21(27)7-5-18/h1-7,16,19H,8-15,17H2. The van der Waals surface area contributed by atoms with Crippen molar-refractivity contribution in [2.45, 2.75) is 12.8 Å². The van der Waals surface area contributed by atoms with E-state index >= 15 is 0 Å². The molecule has 2 heterocycles. The summed E-state index contributed by atoms with van der Waals surface area (Å²) < 4.78 is 18.4. The third-order valence-electron chi connectivity index (χ3n) is 6.35. The first-order valence-electron chi connectivity index (χ1n) is 11.4. The predicted octanol–water partition coefficient (Wildman–Crippen LogP) is 3.22. The molecule has 34 heavy (non-hydrogen) atoms. The van der Waals surface area contributed by atoms with Gasteiger partial charge in [-0.15, -0.1) is 0 Å². The van der Waals surface area contributed by atoms with Crippen LogP contribution < -0.4 is 4.90 Å². The Hall–Kier alpha value is -3.13. The highest BCUT2D eigenvalue weighted by Gasteiger charge is 2.30. The number of amides is 2. The smallest absolute Gasteiger partial charge is 0.309 e. The molecule has 2 aliphatic heterocycles. The zero-order valence-electron chi connectivity index (χ0n) is 18.8. The van der Waals surface area contributed by atoms with Crippen molar-refractivity contribution < 1.29 is 23.5 Å². The van der Waals surface area contributed by atoms with E-state index < -0.39 is 11.8 Å². The number of benzene rings is 2. The maximum absolute atomic E-state index is 13.1. The molecule has 180 valence electrons. The Kier molecular flexibility index (Phi) is 7.67. The van der Waals surface area contributed by atoms with Crippen LogP contribution in [0.25, 0.3) is 0 Å². The van der Waals surface area contributed by atoms with E-state index in [2.05, 4.69) is 4.90 Å². The lowest BCUT2D eigenvalue weighted by molar-refractivity contribution is -0.156. The number of nitrogens with zero attached hydrogens (tertiary/aromatic N) is 3. The van der Waals surface area contributed by atoms with Crippen LogP contribution in [0.5, 0.6) is 0 Å². The number of anilines is 1. The van der Waals surface area contributed by atoms with Crippen LogP contribution in [0, 0.1) is 11.7 Å². The van der Waals surface area contributed by atoms with Crippen LogP contribution in [-0.4, -0.2) is 73.5 Å². The van der Waals surface area contributed by atoms with Crippen molar-refractivity contribution in [1.29, 1.82) is 0 Å². The van der Waals surface area contributed by atoms with Crippen molar-refractivity contribution in [2.24, 2.45) is 5.92 Å². The van der Waals surface area contributed by atoms with Gasteiger partial charge in [-0.2, -0.15) is 0 Å². The number of carbonyl (C=O) groups is 3. The first kappa shape index (κ1) is 24.0. The van der Waals surface area contributed by atoms with Gasteiger partial charge in [0.05, 0.1) is 5.92 Å². The Morgan fingerprint density at radius 2 is 1.59 bits per heavy atom. The van der Waals surface area contributed by atoms with E-state index in [1.165, 1.54) is 24.3 Å². The highest BCUT2D eigenvalue weighted by molar-refractivity contribution is 6.30. The van der Waals surface area contributed by atoms with Crippen molar-refractivity contribution in [3.63, 3.8) is 0 Å². The predicted molar refractivity (Wildman–Crippen MR) is 126 cm³/mol. The molecule has 7 nitrogen and oxygen atoms in total. The fraction of sp³-hybridized carbons (Fsp3) is 0.400. The maximum Gasteiger partial charge on any atom is 0.309 e. The molecule has 2 saturated heterocycles. The lowest BCUT2D eigenvalue weighted by Crippen LogP contribution is -2.50. The number of esters is 1. The van der Waals surface area contributed by atoms with E-state index in [0.717, 1.165) is 5.69 Å². The molecular formula is C25H27ClFN3O4. The van der Waals surface area contributed by atoms with Crippen molar-refractivity contribution in [3.8, 4) is 0 Å². The van der Waals surface area contributed by atoms with Gasteiger partial charge in [0.1, 0.15) is 5.82 Å². The molecule has 0 saturated carbocycles. The summed E-state index contributed by atoms with van der Waals surface area (Å²) in [4.78, 5) is 43.1. The van der Waals surface area contributed by atoms with Gasteiger partial charge in [-0.25, -0.2) is 4.39 Å². The third kappa shape index (κ3) is 5.86. The third-order valence-corrected chi connectivity index (χ3v) is 6.59. The van der Waals surface area contributed by atoms with Crippen LogP contribution in [0.1, 0.15) is 23.2 Å². The summed E-state index contributed by atoms with van der Waals surface area (Å²) in [5.41, 5.74) is 1.44. The maximum atomic E-state index is 13.1. The van der Waals surface area contributed by atoms with E-state index in [1.807, 2.05) is 24.3 Å². The summed E-state index contributed by atoms with van der Waals surface area (Å²) in [6, 6.07) is 13.0. The minimum absolute atomic E-state index is 0.182. The Bertz CT molecular complexity index is 1030. The SMILES string of the molecule is O=C(OCC(=O)N1CCN(c2cccc(Cl)c2)CC1)C1CCN(C(=O)c2ccc(F)cc2)CC1. The van der Waals surface area contributed by atoms with Crippen LogP contribution in [0.4, 0.5) is 10.1 Å². The molecule has 0 radical (unpaired) electrons. The number of halogens is 2. The van der Waals surface area contributed by atoms with Crippen molar-refractivity contribution in [1.82, 2.24) is 9.80 Å². The Balaban J connectivity index is 1.18. The van der Waals surface area contributed by atoms with Gasteiger partial charge in [-0.1, -0.05) is 17.7 Å². The topological polar surface area (TPSA) is 70.2 Å². The molecule has 2 aromatic rings. The summed E-state index contributed by atoms with van der Waals surface area (Å²) in [6.45, 7) is 3.01. The molecule has 0 unspecified atom stereocenters. The second kappa shape index (κ2) is 10.9. The normalized spacial score (nSPS) is 16.9. The second-order valence-electron chi connectivity index (χ2n) is 8.53. The Morgan fingerprint density at radius 1 is 0.912 bits per heavy atom. The number of rotatable bonds is 5. The van der Waals surface area contributed by atoms with E-state index in [1.54, 1.807) is 9.80 Å². The summed E-state index contributed by atoms with van der Waals surface area (Å²) in [5, 5.41) is 0.675. The van der Waals surface area contributed by atoms with Gasteiger partial charge in [0.25, 0.3) is 11.8 Å². The molecule has 0 bridgehead atoms. The highest BCUT2D eigenvalue weighted by atomic mass is 35.5. The van der Waals surface area contributed by atoms with Gasteiger partial charge in [-0.3, -0.25) is 14.4 Å². The molecule has 2 aliphatic rings. The quantitative estimate of drug-likeness (QED) is 0.606. The van der Waals surface area contributed by atoms with Crippen LogP contribution in [0.2, 0.25) is 5.02 Å². The van der Waals surface area contributed by atoms with Crippen LogP contribution in [0.15, 0.2) is 48.5 Å². The molecule has 2 fully saturated rings. The molecule has 0 aromatic heterocycles. The van der Waals surface area contributed by atoms with Crippen LogP contribution >= 0.6 is 11.6 Å². The van der Waals surface area contributed by atoms with Crippen LogP contribution in [0.3, 0.4) is 0 Å². The number of piperazine rings is 1. The largest absolute Gasteiger partial charge is 0.455 e. The van der Waals surface area contributed by atoms with Gasteiger partial charge < -0.3 is 19.4 Å². The molecule has 0 N–H and O–H groups in total. The van der Waals surface area contributed by atoms with Crippen LogP contribution in [-0.2, 0) is 14.3 Å². The van der Waals surface area contributed by atoms with E-state index in [0.29, 0.717) is 62.7 Å². The molecule has 9 heteroatoms. The van der Waals surface area contributed by atoms with Gasteiger partial charge in [0.15, 0.2) is 6.61 Å². The summed E-state index contributed by atoms with van der Waals surface area (Å²) >= 11 is 6.06. The first-order chi connectivity index (χ1) is 16.4. The Labute approximate surface area is 203 Å². The molecular weight excluding hydrogens is 461 g/mol. The van der Waals surface area contributed by atoms with E-state index in [4.69, 9.17) is 16.3 Å². The number of ether oxygens (including phenoxy) is 1. The number of hydrogen-bond acceptors (Lipinski definition) is 5.